The Balaban J connectivity index is 1.28. The van der Waals surface area contributed by atoms with Crippen LogP contribution in [0.2, 0.25) is 0 Å². The van der Waals surface area contributed by atoms with Crippen molar-refractivity contribution in [3.63, 3.8) is 0 Å². The molecule has 0 unspecified atom stereocenters. The minimum Gasteiger partial charge on any atom is -0.316 e. The second-order valence-corrected chi connectivity index (χ2v) is 11.9. The largest absolute Gasteiger partial charge is 0.316 e. The summed E-state index contributed by atoms with van der Waals surface area (Å²) in [5.74, 6) is 0. The zero-order valence-corrected chi connectivity index (χ0v) is 23.9. The Hall–Kier alpha value is -5.14. The van der Waals surface area contributed by atoms with E-state index in [4.69, 9.17) is 0 Å². The van der Waals surface area contributed by atoms with Crippen LogP contribution in [0.25, 0.3) is 61.1 Å². The third-order valence-electron chi connectivity index (χ3n) is 9.04. The predicted octanol–water partition coefficient (Wildman–Crippen LogP) is 10.9. The van der Waals surface area contributed by atoms with Crippen molar-refractivity contribution in [3.05, 3.63) is 163 Å². The van der Waals surface area contributed by atoms with Gasteiger partial charge in [0.1, 0.15) is 0 Å². The molecule has 1 heteroatoms. The Labute approximate surface area is 247 Å². The molecule has 7 aromatic rings. The van der Waals surface area contributed by atoms with E-state index in [0.717, 1.165) is 0 Å². The Kier molecular flexibility index (Phi) is 5.55. The molecule has 0 fully saturated rings. The highest BCUT2D eigenvalue weighted by Gasteiger charge is 2.36. The van der Waals surface area contributed by atoms with Crippen LogP contribution < -0.4 is 0 Å². The summed E-state index contributed by atoms with van der Waals surface area (Å²) in [6.07, 6.45) is 2.32. The number of fused-ring (bicyclic) bond motifs is 4. The second kappa shape index (κ2) is 9.46. The fourth-order valence-corrected chi connectivity index (χ4v) is 6.79. The maximum Gasteiger partial charge on any atom is 0.0535 e. The van der Waals surface area contributed by atoms with Gasteiger partial charge in [-0.25, -0.2) is 0 Å². The van der Waals surface area contributed by atoms with Crippen LogP contribution in [0.3, 0.4) is 0 Å². The van der Waals surface area contributed by atoms with Crippen molar-refractivity contribution < 1.29 is 0 Å². The van der Waals surface area contributed by atoms with Gasteiger partial charge in [0, 0.05) is 28.2 Å². The maximum atomic E-state index is 2.41. The van der Waals surface area contributed by atoms with E-state index in [1.165, 1.54) is 72.2 Å². The first-order valence-electron chi connectivity index (χ1n) is 14.7. The topological polar surface area (TPSA) is 4.93 Å². The van der Waals surface area contributed by atoms with Gasteiger partial charge in [-0.3, -0.25) is 0 Å². The zero-order chi connectivity index (χ0) is 28.3. The van der Waals surface area contributed by atoms with Crippen LogP contribution in [0.1, 0.15) is 25.0 Å². The lowest BCUT2D eigenvalue weighted by atomic mass is 9.81. The standard InChI is InChI=1S/C41H31N/c1-41(2)38-25-32(29-14-8-4-9-15-29)18-21-34(38)35-22-20-33(26-39(35)41)42-27-37(30-16-10-5-11-17-30)36-24-31(19-23-40(36)42)28-12-6-3-7-13-28/h3-27H,1-2H3. The van der Waals surface area contributed by atoms with Crippen molar-refractivity contribution >= 4 is 10.9 Å². The first-order chi connectivity index (χ1) is 20.6. The summed E-state index contributed by atoms with van der Waals surface area (Å²) in [4.78, 5) is 0. The summed E-state index contributed by atoms with van der Waals surface area (Å²) >= 11 is 0. The molecule has 6 aromatic carbocycles. The molecule has 0 saturated heterocycles. The van der Waals surface area contributed by atoms with Crippen LogP contribution in [0.4, 0.5) is 0 Å². The van der Waals surface area contributed by atoms with Crippen molar-refractivity contribution in [3.8, 4) is 50.2 Å². The van der Waals surface area contributed by atoms with E-state index < -0.39 is 0 Å². The molecule has 0 aliphatic heterocycles. The van der Waals surface area contributed by atoms with Gasteiger partial charge < -0.3 is 4.57 Å². The molecule has 1 aromatic heterocycles. The Morgan fingerprint density at radius 3 is 1.60 bits per heavy atom. The van der Waals surface area contributed by atoms with Crippen LogP contribution in [-0.4, -0.2) is 4.57 Å². The van der Waals surface area contributed by atoms with Gasteiger partial charge in [0.15, 0.2) is 0 Å². The highest BCUT2D eigenvalue weighted by atomic mass is 15.0. The lowest BCUT2D eigenvalue weighted by Crippen LogP contribution is -2.15. The summed E-state index contributed by atoms with van der Waals surface area (Å²) in [6.45, 7) is 4.73. The Bertz CT molecular complexity index is 2080. The van der Waals surface area contributed by atoms with Crippen molar-refractivity contribution in [1.29, 1.82) is 0 Å². The van der Waals surface area contributed by atoms with E-state index in [9.17, 15) is 0 Å². The monoisotopic (exact) mass is 537 g/mol. The van der Waals surface area contributed by atoms with Crippen molar-refractivity contribution in [2.24, 2.45) is 0 Å². The third kappa shape index (κ3) is 3.85. The molecule has 0 bridgehead atoms. The number of rotatable bonds is 4. The van der Waals surface area contributed by atoms with Gasteiger partial charge >= 0.3 is 0 Å². The van der Waals surface area contributed by atoms with Crippen LogP contribution in [0.15, 0.2) is 152 Å². The van der Waals surface area contributed by atoms with E-state index in [2.05, 4.69) is 170 Å². The molecule has 0 radical (unpaired) electrons. The summed E-state index contributed by atoms with van der Waals surface area (Å²) in [5, 5.41) is 1.26. The van der Waals surface area contributed by atoms with E-state index in [1.807, 2.05) is 0 Å². The molecule has 1 nitrogen and oxygen atoms in total. The van der Waals surface area contributed by atoms with E-state index >= 15 is 0 Å². The van der Waals surface area contributed by atoms with Gasteiger partial charge in [-0.05, 0) is 80.4 Å². The first kappa shape index (κ1) is 24.6. The van der Waals surface area contributed by atoms with E-state index in [1.54, 1.807) is 0 Å². The van der Waals surface area contributed by atoms with Crippen molar-refractivity contribution in [2.75, 3.05) is 0 Å². The molecule has 200 valence electrons. The molecule has 42 heavy (non-hydrogen) atoms. The molecular formula is C41H31N. The lowest BCUT2D eigenvalue weighted by Gasteiger charge is -2.23. The molecule has 8 rings (SSSR count). The van der Waals surface area contributed by atoms with Crippen LogP contribution >= 0.6 is 0 Å². The van der Waals surface area contributed by atoms with Crippen LogP contribution in [0, 0.1) is 0 Å². The maximum absolute atomic E-state index is 2.41. The van der Waals surface area contributed by atoms with E-state index in [-0.39, 0.29) is 5.41 Å². The predicted molar refractivity (Wildman–Crippen MR) is 177 cm³/mol. The van der Waals surface area contributed by atoms with Gasteiger partial charge in [-0.2, -0.15) is 0 Å². The van der Waals surface area contributed by atoms with Gasteiger partial charge in [0.2, 0.25) is 0 Å². The SMILES string of the molecule is CC1(C)c2cc(-c3ccccc3)ccc2-c2ccc(-n3cc(-c4ccccc4)c4cc(-c5ccccc5)ccc43)cc21. The van der Waals surface area contributed by atoms with Crippen molar-refractivity contribution in [1.82, 2.24) is 4.57 Å². The van der Waals surface area contributed by atoms with Gasteiger partial charge in [-0.15, -0.1) is 0 Å². The molecule has 0 spiro atoms. The quantitative estimate of drug-likeness (QED) is 0.210. The average Bonchev–Trinajstić information content (AvgIpc) is 3.54. The molecule has 0 atom stereocenters. The number of benzene rings is 6. The normalized spacial score (nSPS) is 13.2. The Morgan fingerprint density at radius 2 is 0.952 bits per heavy atom. The van der Waals surface area contributed by atoms with E-state index in [0.29, 0.717) is 0 Å². The molecule has 1 aliphatic carbocycles. The molecule has 1 heterocycles. The Morgan fingerprint density at radius 1 is 0.429 bits per heavy atom. The number of hydrogen-bond donors (Lipinski definition) is 0. The fourth-order valence-electron chi connectivity index (χ4n) is 6.79. The lowest BCUT2D eigenvalue weighted by molar-refractivity contribution is 0.660. The van der Waals surface area contributed by atoms with Gasteiger partial charge in [0.05, 0.1) is 5.52 Å². The molecule has 0 saturated carbocycles. The smallest absolute Gasteiger partial charge is 0.0535 e. The van der Waals surface area contributed by atoms with Crippen molar-refractivity contribution in [2.45, 2.75) is 19.3 Å². The van der Waals surface area contributed by atoms with Gasteiger partial charge in [0.25, 0.3) is 0 Å². The molecular weight excluding hydrogens is 506 g/mol. The second-order valence-electron chi connectivity index (χ2n) is 11.9. The summed E-state index contributed by atoms with van der Waals surface area (Å²) in [5.41, 5.74) is 15.2. The van der Waals surface area contributed by atoms with Gasteiger partial charge in [-0.1, -0.05) is 129 Å². The zero-order valence-electron chi connectivity index (χ0n) is 23.9. The van der Waals surface area contributed by atoms with Crippen LogP contribution in [0.5, 0.6) is 0 Å². The highest BCUT2D eigenvalue weighted by molar-refractivity contribution is 5.99. The average molecular weight is 538 g/mol. The van der Waals surface area contributed by atoms with Crippen LogP contribution in [-0.2, 0) is 5.41 Å². The number of hydrogen-bond acceptors (Lipinski definition) is 0. The minimum absolute atomic E-state index is 0.100. The fraction of sp³-hybridized carbons (Fsp3) is 0.0732. The summed E-state index contributed by atoms with van der Waals surface area (Å²) in [7, 11) is 0. The highest BCUT2D eigenvalue weighted by Crippen LogP contribution is 2.50. The first-order valence-corrected chi connectivity index (χ1v) is 14.7. The number of nitrogens with zero attached hydrogens (tertiary/aromatic N) is 1. The minimum atomic E-state index is -0.100. The summed E-state index contributed by atoms with van der Waals surface area (Å²) < 4.78 is 2.38. The number of aromatic nitrogens is 1. The molecule has 0 amide bonds. The third-order valence-corrected chi connectivity index (χ3v) is 9.04. The summed E-state index contributed by atoms with van der Waals surface area (Å²) in [6, 6.07) is 53.0. The molecule has 0 N–H and O–H groups in total. The molecule has 1 aliphatic rings.